The first-order valence-corrected chi connectivity index (χ1v) is 7.69. The van der Waals surface area contributed by atoms with Crippen LogP contribution in [0.1, 0.15) is 56.4 Å². The minimum absolute atomic E-state index is 0.0499. The molecule has 4 nitrogen and oxygen atoms in total. The number of rotatable bonds is 5. The van der Waals surface area contributed by atoms with E-state index in [1.807, 2.05) is 6.07 Å². The van der Waals surface area contributed by atoms with E-state index in [0.717, 1.165) is 31.5 Å². The highest BCUT2D eigenvalue weighted by Crippen LogP contribution is 2.23. The summed E-state index contributed by atoms with van der Waals surface area (Å²) in [6.07, 6.45) is 7.46. The molecule has 0 saturated heterocycles. The number of carbonyl (C=O) groups is 1. The standard InChI is InChI=1S/C16H25N3O/c1-3-9-17-14-7-8-15(18-11-14)16(20)19-13-6-4-5-12(2)10-13/h7-8,11-13,17H,3-6,9-10H2,1-2H3,(H,19,20). The topological polar surface area (TPSA) is 54.0 Å². The van der Waals surface area contributed by atoms with Crippen molar-refractivity contribution >= 4 is 11.6 Å². The van der Waals surface area contributed by atoms with Crippen molar-refractivity contribution in [2.45, 2.75) is 52.0 Å². The van der Waals surface area contributed by atoms with Gasteiger partial charge in [-0.25, -0.2) is 4.98 Å². The normalized spacial score (nSPS) is 22.3. The lowest BCUT2D eigenvalue weighted by atomic mass is 9.87. The Labute approximate surface area is 121 Å². The number of nitrogens with one attached hydrogen (secondary N) is 2. The van der Waals surface area contributed by atoms with Crippen LogP contribution < -0.4 is 10.6 Å². The lowest BCUT2D eigenvalue weighted by Crippen LogP contribution is -2.38. The number of anilines is 1. The highest BCUT2D eigenvalue weighted by atomic mass is 16.1. The van der Waals surface area contributed by atoms with Crippen LogP contribution in [0.3, 0.4) is 0 Å². The van der Waals surface area contributed by atoms with Crippen molar-refractivity contribution in [3.05, 3.63) is 24.0 Å². The van der Waals surface area contributed by atoms with E-state index in [2.05, 4.69) is 29.5 Å². The van der Waals surface area contributed by atoms with Gasteiger partial charge in [0.1, 0.15) is 5.69 Å². The molecule has 2 N–H and O–H groups in total. The second-order valence-electron chi connectivity index (χ2n) is 5.80. The van der Waals surface area contributed by atoms with E-state index in [-0.39, 0.29) is 5.91 Å². The molecule has 4 heteroatoms. The SMILES string of the molecule is CCCNc1ccc(C(=O)NC2CCCC(C)C2)nc1. The lowest BCUT2D eigenvalue weighted by molar-refractivity contribution is 0.0916. The van der Waals surface area contributed by atoms with Gasteiger partial charge in [-0.3, -0.25) is 4.79 Å². The molecule has 1 aliphatic carbocycles. The van der Waals surface area contributed by atoms with Crippen LogP contribution in [0.25, 0.3) is 0 Å². The summed E-state index contributed by atoms with van der Waals surface area (Å²) in [6.45, 7) is 5.30. The van der Waals surface area contributed by atoms with Gasteiger partial charge in [-0.15, -0.1) is 0 Å². The van der Waals surface area contributed by atoms with E-state index in [1.165, 1.54) is 12.8 Å². The number of amides is 1. The van der Waals surface area contributed by atoms with E-state index in [9.17, 15) is 4.79 Å². The Kier molecular flexibility index (Phi) is 5.39. The Bertz CT molecular complexity index is 430. The fraction of sp³-hybridized carbons (Fsp3) is 0.625. The number of hydrogen-bond donors (Lipinski definition) is 2. The Hall–Kier alpha value is -1.58. The molecule has 2 unspecified atom stereocenters. The average Bonchev–Trinajstić information content (AvgIpc) is 2.45. The van der Waals surface area contributed by atoms with Crippen molar-refractivity contribution in [2.24, 2.45) is 5.92 Å². The van der Waals surface area contributed by atoms with Gasteiger partial charge in [-0.05, 0) is 37.3 Å². The molecule has 20 heavy (non-hydrogen) atoms. The summed E-state index contributed by atoms with van der Waals surface area (Å²) in [7, 11) is 0. The number of pyridine rings is 1. The number of carbonyl (C=O) groups excluding carboxylic acids is 1. The van der Waals surface area contributed by atoms with E-state index >= 15 is 0 Å². The molecule has 0 bridgehead atoms. The zero-order chi connectivity index (χ0) is 14.4. The first kappa shape index (κ1) is 14.8. The summed E-state index contributed by atoms with van der Waals surface area (Å²) in [5.74, 6) is 0.661. The minimum Gasteiger partial charge on any atom is -0.384 e. The monoisotopic (exact) mass is 275 g/mol. The molecular formula is C16H25N3O. The van der Waals surface area contributed by atoms with Crippen molar-refractivity contribution in [1.82, 2.24) is 10.3 Å². The molecule has 1 aromatic rings. The van der Waals surface area contributed by atoms with Gasteiger partial charge in [0.05, 0.1) is 11.9 Å². The molecule has 110 valence electrons. The van der Waals surface area contributed by atoms with Crippen molar-refractivity contribution < 1.29 is 4.79 Å². The van der Waals surface area contributed by atoms with Crippen molar-refractivity contribution in [3.8, 4) is 0 Å². The number of hydrogen-bond acceptors (Lipinski definition) is 3. The molecule has 0 radical (unpaired) electrons. The summed E-state index contributed by atoms with van der Waals surface area (Å²) >= 11 is 0. The molecule has 1 heterocycles. The Morgan fingerprint density at radius 3 is 2.90 bits per heavy atom. The zero-order valence-electron chi connectivity index (χ0n) is 12.5. The lowest BCUT2D eigenvalue weighted by Gasteiger charge is -2.27. The third-order valence-corrected chi connectivity index (χ3v) is 3.85. The molecule has 1 saturated carbocycles. The molecule has 1 amide bonds. The maximum Gasteiger partial charge on any atom is 0.270 e. The smallest absolute Gasteiger partial charge is 0.270 e. The average molecular weight is 275 g/mol. The van der Waals surface area contributed by atoms with E-state index in [4.69, 9.17) is 0 Å². The molecule has 0 spiro atoms. The zero-order valence-corrected chi connectivity index (χ0v) is 12.5. The highest BCUT2D eigenvalue weighted by molar-refractivity contribution is 5.92. The van der Waals surface area contributed by atoms with Crippen molar-refractivity contribution in [2.75, 3.05) is 11.9 Å². The molecule has 2 atom stereocenters. The largest absolute Gasteiger partial charge is 0.384 e. The molecule has 1 fully saturated rings. The Balaban J connectivity index is 1.88. The molecular weight excluding hydrogens is 250 g/mol. The van der Waals surface area contributed by atoms with Crippen LogP contribution in [0, 0.1) is 5.92 Å². The molecule has 0 aliphatic heterocycles. The fourth-order valence-electron chi connectivity index (χ4n) is 2.73. The fourth-order valence-corrected chi connectivity index (χ4v) is 2.73. The van der Waals surface area contributed by atoms with Crippen LogP contribution in [0.4, 0.5) is 5.69 Å². The summed E-state index contributed by atoms with van der Waals surface area (Å²) in [5, 5.41) is 6.36. The van der Waals surface area contributed by atoms with Gasteiger partial charge >= 0.3 is 0 Å². The summed E-state index contributed by atoms with van der Waals surface area (Å²) in [5.41, 5.74) is 1.47. The van der Waals surface area contributed by atoms with Crippen LogP contribution in [0.15, 0.2) is 18.3 Å². The van der Waals surface area contributed by atoms with Crippen molar-refractivity contribution in [1.29, 1.82) is 0 Å². The third kappa shape index (κ3) is 4.22. The van der Waals surface area contributed by atoms with E-state index < -0.39 is 0 Å². The van der Waals surface area contributed by atoms with Gasteiger partial charge in [-0.2, -0.15) is 0 Å². The number of nitrogens with zero attached hydrogens (tertiary/aromatic N) is 1. The predicted octanol–water partition coefficient (Wildman–Crippen LogP) is 3.21. The van der Waals surface area contributed by atoms with Crippen LogP contribution in [-0.2, 0) is 0 Å². The first-order chi connectivity index (χ1) is 9.69. The van der Waals surface area contributed by atoms with E-state index in [1.54, 1.807) is 12.3 Å². The van der Waals surface area contributed by atoms with E-state index in [0.29, 0.717) is 17.7 Å². The number of aromatic nitrogens is 1. The highest BCUT2D eigenvalue weighted by Gasteiger charge is 2.21. The first-order valence-electron chi connectivity index (χ1n) is 7.69. The third-order valence-electron chi connectivity index (χ3n) is 3.85. The molecule has 2 rings (SSSR count). The minimum atomic E-state index is -0.0499. The Morgan fingerprint density at radius 2 is 2.25 bits per heavy atom. The van der Waals surface area contributed by atoms with Crippen LogP contribution >= 0.6 is 0 Å². The second kappa shape index (κ2) is 7.27. The molecule has 0 aromatic carbocycles. The van der Waals surface area contributed by atoms with Gasteiger partial charge < -0.3 is 10.6 Å². The Morgan fingerprint density at radius 1 is 1.40 bits per heavy atom. The molecule has 1 aliphatic rings. The van der Waals surface area contributed by atoms with Crippen LogP contribution in [-0.4, -0.2) is 23.5 Å². The summed E-state index contributed by atoms with van der Waals surface area (Å²) in [6, 6.07) is 4.02. The maximum absolute atomic E-state index is 12.2. The van der Waals surface area contributed by atoms with Gasteiger partial charge in [0.2, 0.25) is 0 Å². The predicted molar refractivity (Wildman–Crippen MR) is 81.9 cm³/mol. The second-order valence-corrected chi connectivity index (χ2v) is 5.80. The van der Waals surface area contributed by atoms with Gasteiger partial charge in [0, 0.05) is 12.6 Å². The molecule has 1 aromatic heterocycles. The van der Waals surface area contributed by atoms with Crippen LogP contribution in [0.2, 0.25) is 0 Å². The quantitative estimate of drug-likeness (QED) is 0.867. The van der Waals surface area contributed by atoms with Gasteiger partial charge in [-0.1, -0.05) is 26.7 Å². The van der Waals surface area contributed by atoms with Gasteiger partial charge in [0.25, 0.3) is 5.91 Å². The summed E-state index contributed by atoms with van der Waals surface area (Å²) < 4.78 is 0. The van der Waals surface area contributed by atoms with Gasteiger partial charge in [0.15, 0.2) is 0 Å². The maximum atomic E-state index is 12.2. The van der Waals surface area contributed by atoms with Crippen LogP contribution in [0.5, 0.6) is 0 Å². The summed E-state index contributed by atoms with van der Waals surface area (Å²) in [4.78, 5) is 16.4. The van der Waals surface area contributed by atoms with Crippen molar-refractivity contribution in [3.63, 3.8) is 0 Å².